The Morgan fingerprint density at radius 1 is 1.12 bits per heavy atom. The lowest BCUT2D eigenvalue weighted by Crippen LogP contribution is -2.37. The van der Waals surface area contributed by atoms with Crippen LogP contribution in [0.3, 0.4) is 0 Å². The molecule has 1 aliphatic carbocycles. The number of aromatic nitrogens is 5. The van der Waals surface area contributed by atoms with Crippen LogP contribution >= 0.6 is 0 Å². The predicted octanol–water partition coefficient (Wildman–Crippen LogP) is 3.29. The summed E-state index contributed by atoms with van der Waals surface area (Å²) in [5.41, 5.74) is 1.28. The quantitative estimate of drug-likeness (QED) is 0.864. The van der Waals surface area contributed by atoms with Gasteiger partial charge < -0.3 is 9.13 Å². The molecule has 0 spiro atoms. The molecule has 3 heterocycles. The van der Waals surface area contributed by atoms with Crippen LogP contribution in [0.15, 0.2) is 12.5 Å². The molecule has 0 bridgehead atoms. The van der Waals surface area contributed by atoms with Gasteiger partial charge in [-0.1, -0.05) is 12.8 Å². The first-order valence-corrected chi connectivity index (χ1v) is 9.33. The highest BCUT2D eigenvalue weighted by molar-refractivity contribution is 5.10. The summed E-state index contributed by atoms with van der Waals surface area (Å²) in [6.07, 6.45) is 9.18. The maximum atomic E-state index is 4.58. The minimum atomic E-state index is 0.303. The summed E-state index contributed by atoms with van der Waals surface area (Å²) in [7, 11) is 0. The third-order valence-corrected chi connectivity index (χ3v) is 5.73. The summed E-state index contributed by atoms with van der Waals surface area (Å²) in [6.45, 7) is 9.65. The normalized spacial score (nSPS) is 22.4. The average Bonchev–Trinajstić information content (AvgIpc) is 3.28. The molecule has 2 aliphatic rings. The van der Waals surface area contributed by atoms with Gasteiger partial charge in [-0.2, -0.15) is 0 Å². The van der Waals surface area contributed by atoms with Gasteiger partial charge in [0.15, 0.2) is 0 Å². The van der Waals surface area contributed by atoms with Crippen LogP contribution in [0.1, 0.15) is 81.8 Å². The predicted molar refractivity (Wildman–Crippen MR) is 92.7 cm³/mol. The molecule has 1 saturated carbocycles. The second-order valence-corrected chi connectivity index (χ2v) is 7.58. The van der Waals surface area contributed by atoms with Crippen molar-refractivity contribution in [2.75, 3.05) is 6.54 Å². The molecule has 1 unspecified atom stereocenters. The molecule has 1 atom stereocenters. The van der Waals surface area contributed by atoms with Crippen molar-refractivity contribution >= 4 is 0 Å². The van der Waals surface area contributed by atoms with Gasteiger partial charge in [0.1, 0.15) is 11.6 Å². The van der Waals surface area contributed by atoms with Gasteiger partial charge in [0.2, 0.25) is 0 Å². The number of rotatable bonds is 4. The zero-order valence-corrected chi connectivity index (χ0v) is 15.0. The molecule has 0 N–H and O–H groups in total. The Kier molecular flexibility index (Phi) is 4.16. The smallest absolute Gasteiger partial charge is 0.150 e. The number of imidazole rings is 1. The highest BCUT2D eigenvalue weighted by Gasteiger charge is 2.31. The molecular formula is C18H28N6. The Bertz CT molecular complexity index is 694. The van der Waals surface area contributed by atoms with Crippen molar-refractivity contribution in [3.63, 3.8) is 0 Å². The molecule has 6 nitrogen and oxygen atoms in total. The van der Waals surface area contributed by atoms with Crippen molar-refractivity contribution in [1.29, 1.82) is 0 Å². The Labute approximate surface area is 143 Å². The number of hydrogen-bond donors (Lipinski definition) is 0. The van der Waals surface area contributed by atoms with E-state index < -0.39 is 0 Å². The summed E-state index contributed by atoms with van der Waals surface area (Å²) in [4.78, 5) is 6.84. The SMILES string of the molecule is CC1c2nnc(C3CCCC3)n2CCN1Cc1cncn1C(C)C. The number of fused-ring (bicyclic) bond motifs is 1. The van der Waals surface area contributed by atoms with E-state index in [0.29, 0.717) is 18.0 Å². The molecule has 130 valence electrons. The highest BCUT2D eigenvalue weighted by Crippen LogP contribution is 2.35. The van der Waals surface area contributed by atoms with Crippen LogP contribution in [-0.4, -0.2) is 35.8 Å². The summed E-state index contributed by atoms with van der Waals surface area (Å²) in [6, 6.07) is 0.747. The van der Waals surface area contributed by atoms with Crippen LogP contribution in [0.25, 0.3) is 0 Å². The van der Waals surface area contributed by atoms with Gasteiger partial charge in [-0.15, -0.1) is 10.2 Å². The molecule has 0 amide bonds. The lowest BCUT2D eigenvalue weighted by Gasteiger charge is -2.34. The molecule has 2 aromatic rings. The van der Waals surface area contributed by atoms with Crippen LogP contribution < -0.4 is 0 Å². The average molecular weight is 328 g/mol. The van der Waals surface area contributed by atoms with Crippen molar-refractivity contribution in [3.05, 3.63) is 29.9 Å². The molecule has 0 radical (unpaired) electrons. The molecule has 24 heavy (non-hydrogen) atoms. The van der Waals surface area contributed by atoms with E-state index in [0.717, 1.165) is 25.5 Å². The minimum absolute atomic E-state index is 0.303. The van der Waals surface area contributed by atoms with E-state index in [1.807, 2.05) is 12.5 Å². The first-order chi connectivity index (χ1) is 11.6. The van der Waals surface area contributed by atoms with E-state index in [4.69, 9.17) is 0 Å². The van der Waals surface area contributed by atoms with Crippen molar-refractivity contribution in [2.24, 2.45) is 0 Å². The maximum Gasteiger partial charge on any atom is 0.150 e. The Morgan fingerprint density at radius 2 is 1.88 bits per heavy atom. The Morgan fingerprint density at radius 3 is 2.62 bits per heavy atom. The maximum absolute atomic E-state index is 4.58. The molecule has 1 aliphatic heterocycles. The summed E-state index contributed by atoms with van der Waals surface area (Å²) in [5.74, 6) is 3.01. The monoisotopic (exact) mass is 328 g/mol. The number of hydrogen-bond acceptors (Lipinski definition) is 4. The lowest BCUT2D eigenvalue weighted by atomic mass is 10.1. The van der Waals surface area contributed by atoms with E-state index in [-0.39, 0.29) is 0 Å². The summed E-state index contributed by atoms with van der Waals surface area (Å²) >= 11 is 0. The minimum Gasteiger partial charge on any atom is -0.331 e. The fourth-order valence-electron chi connectivity index (χ4n) is 4.28. The molecule has 0 saturated heterocycles. The topological polar surface area (TPSA) is 51.8 Å². The zero-order valence-electron chi connectivity index (χ0n) is 15.0. The van der Waals surface area contributed by atoms with Crippen LogP contribution in [0.4, 0.5) is 0 Å². The van der Waals surface area contributed by atoms with Gasteiger partial charge in [-0.3, -0.25) is 4.90 Å². The summed E-state index contributed by atoms with van der Waals surface area (Å²) in [5, 5.41) is 9.14. The second-order valence-electron chi connectivity index (χ2n) is 7.58. The van der Waals surface area contributed by atoms with E-state index in [1.165, 1.54) is 37.2 Å². The third kappa shape index (κ3) is 2.66. The van der Waals surface area contributed by atoms with E-state index in [2.05, 4.69) is 50.0 Å². The molecule has 2 aromatic heterocycles. The van der Waals surface area contributed by atoms with Crippen molar-refractivity contribution in [1.82, 2.24) is 29.2 Å². The third-order valence-electron chi connectivity index (χ3n) is 5.73. The largest absolute Gasteiger partial charge is 0.331 e. The van der Waals surface area contributed by atoms with Gasteiger partial charge in [0.25, 0.3) is 0 Å². The van der Waals surface area contributed by atoms with Crippen LogP contribution in [0.5, 0.6) is 0 Å². The van der Waals surface area contributed by atoms with Crippen LogP contribution in [0.2, 0.25) is 0 Å². The molecule has 1 fully saturated rings. The van der Waals surface area contributed by atoms with Crippen LogP contribution in [-0.2, 0) is 13.1 Å². The summed E-state index contributed by atoms with van der Waals surface area (Å²) < 4.78 is 4.66. The standard InChI is InChI=1S/C18H28N6/c1-13(2)24-12-19-10-16(24)11-22-8-9-23-17(14(22)3)20-21-18(23)15-6-4-5-7-15/h10,12-15H,4-9,11H2,1-3H3. The van der Waals surface area contributed by atoms with Crippen molar-refractivity contribution < 1.29 is 0 Å². The van der Waals surface area contributed by atoms with Crippen molar-refractivity contribution in [2.45, 2.75) is 77.5 Å². The van der Waals surface area contributed by atoms with Gasteiger partial charge in [0.05, 0.1) is 18.1 Å². The molecule has 4 rings (SSSR count). The molecular weight excluding hydrogens is 300 g/mol. The van der Waals surface area contributed by atoms with Gasteiger partial charge in [-0.25, -0.2) is 4.98 Å². The zero-order chi connectivity index (χ0) is 16.7. The van der Waals surface area contributed by atoms with Gasteiger partial charge in [0, 0.05) is 37.8 Å². The lowest BCUT2D eigenvalue weighted by molar-refractivity contribution is 0.150. The molecule has 0 aromatic carbocycles. The van der Waals surface area contributed by atoms with Crippen molar-refractivity contribution in [3.8, 4) is 0 Å². The second kappa shape index (κ2) is 6.31. The first-order valence-electron chi connectivity index (χ1n) is 9.33. The van der Waals surface area contributed by atoms with Gasteiger partial charge in [-0.05, 0) is 33.6 Å². The Balaban J connectivity index is 1.54. The Hall–Kier alpha value is -1.69. The van der Waals surface area contributed by atoms with Gasteiger partial charge >= 0.3 is 0 Å². The molecule has 6 heteroatoms. The van der Waals surface area contributed by atoms with Crippen LogP contribution in [0, 0.1) is 0 Å². The van der Waals surface area contributed by atoms with E-state index in [9.17, 15) is 0 Å². The fourth-order valence-corrected chi connectivity index (χ4v) is 4.28. The fraction of sp³-hybridized carbons (Fsp3) is 0.722. The highest BCUT2D eigenvalue weighted by atomic mass is 15.4. The first kappa shape index (κ1) is 15.8. The van der Waals surface area contributed by atoms with E-state index in [1.54, 1.807) is 0 Å². The number of nitrogens with zero attached hydrogens (tertiary/aromatic N) is 6. The van der Waals surface area contributed by atoms with E-state index >= 15 is 0 Å².